The van der Waals surface area contributed by atoms with Crippen LogP contribution in [0.25, 0.3) is 0 Å². The van der Waals surface area contributed by atoms with Crippen molar-refractivity contribution in [3.8, 4) is 0 Å². The van der Waals surface area contributed by atoms with Crippen molar-refractivity contribution in [3.63, 3.8) is 0 Å². The first kappa shape index (κ1) is 13.4. The molecular formula is C12H12ClN5OS. The molecule has 1 aliphatic carbocycles. The molecule has 6 nitrogen and oxygen atoms in total. The van der Waals surface area contributed by atoms with Crippen LogP contribution in [0, 0.1) is 0 Å². The fourth-order valence-corrected chi connectivity index (χ4v) is 2.66. The fourth-order valence-electron chi connectivity index (χ4n) is 1.72. The molecular weight excluding hydrogens is 298 g/mol. The molecule has 20 heavy (non-hydrogen) atoms. The third-order valence-corrected chi connectivity index (χ3v) is 3.96. The van der Waals surface area contributed by atoms with Gasteiger partial charge >= 0.3 is 0 Å². The monoisotopic (exact) mass is 309 g/mol. The van der Waals surface area contributed by atoms with Crippen molar-refractivity contribution >= 4 is 35.0 Å². The first-order chi connectivity index (χ1) is 9.72. The van der Waals surface area contributed by atoms with Crippen molar-refractivity contribution in [2.24, 2.45) is 0 Å². The van der Waals surface area contributed by atoms with E-state index in [4.69, 9.17) is 11.6 Å². The molecule has 1 aromatic heterocycles. The van der Waals surface area contributed by atoms with E-state index in [2.05, 4.69) is 20.8 Å². The van der Waals surface area contributed by atoms with E-state index in [1.165, 1.54) is 11.8 Å². The summed E-state index contributed by atoms with van der Waals surface area (Å²) in [6.07, 6.45) is 2.21. The number of thioether (sulfide) groups is 1. The normalized spacial score (nSPS) is 14.2. The van der Waals surface area contributed by atoms with E-state index in [9.17, 15) is 4.79 Å². The number of halogens is 1. The summed E-state index contributed by atoms with van der Waals surface area (Å²) >= 11 is 7.20. The minimum absolute atomic E-state index is 0.109. The molecule has 1 N–H and O–H groups in total. The van der Waals surface area contributed by atoms with Gasteiger partial charge in [0.15, 0.2) is 0 Å². The molecule has 2 aromatic rings. The third kappa shape index (κ3) is 3.29. The molecule has 1 amide bonds. The van der Waals surface area contributed by atoms with Crippen molar-refractivity contribution in [1.29, 1.82) is 0 Å². The van der Waals surface area contributed by atoms with Crippen LogP contribution in [0.5, 0.6) is 0 Å². The molecule has 0 atom stereocenters. The Labute approximate surface area is 124 Å². The summed E-state index contributed by atoms with van der Waals surface area (Å²) in [6, 6.07) is 7.46. The molecule has 3 rings (SSSR count). The number of nitrogens with one attached hydrogen (secondary N) is 1. The smallest absolute Gasteiger partial charge is 0.234 e. The Kier molecular flexibility index (Phi) is 3.88. The number of carbonyl (C=O) groups is 1. The molecule has 0 aliphatic heterocycles. The summed E-state index contributed by atoms with van der Waals surface area (Å²) in [4.78, 5) is 11.9. The molecule has 0 unspecified atom stereocenters. The van der Waals surface area contributed by atoms with E-state index in [-0.39, 0.29) is 11.7 Å². The Balaban J connectivity index is 1.55. The maximum absolute atomic E-state index is 11.9. The van der Waals surface area contributed by atoms with Gasteiger partial charge in [0.1, 0.15) is 0 Å². The van der Waals surface area contributed by atoms with Gasteiger partial charge in [-0.3, -0.25) is 4.79 Å². The van der Waals surface area contributed by atoms with E-state index in [0.717, 1.165) is 12.8 Å². The minimum atomic E-state index is -0.109. The van der Waals surface area contributed by atoms with Gasteiger partial charge in [-0.2, -0.15) is 0 Å². The summed E-state index contributed by atoms with van der Waals surface area (Å²) in [6.45, 7) is 0. The largest absolute Gasteiger partial charge is 0.325 e. The lowest BCUT2D eigenvalue weighted by Crippen LogP contribution is -2.14. The standard InChI is InChI=1S/C12H12ClN5OS/c13-8-2-1-3-9(6-8)14-11(19)7-20-12-15-16-17-18(12)10-4-5-10/h1-3,6,10H,4-5,7H2,(H,14,19). The zero-order chi connectivity index (χ0) is 13.9. The molecule has 8 heteroatoms. The molecule has 1 aromatic carbocycles. The molecule has 0 saturated heterocycles. The number of carbonyl (C=O) groups excluding carboxylic acids is 1. The van der Waals surface area contributed by atoms with Gasteiger partial charge < -0.3 is 5.32 Å². The first-order valence-electron chi connectivity index (χ1n) is 6.18. The lowest BCUT2D eigenvalue weighted by molar-refractivity contribution is -0.113. The van der Waals surface area contributed by atoms with Gasteiger partial charge in [-0.15, -0.1) is 5.10 Å². The van der Waals surface area contributed by atoms with Crippen molar-refractivity contribution in [3.05, 3.63) is 29.3 Å². The Hall–Kier alpha value is -1.60. The second-order valence-corrected chi connectivity index (χ2v) is 5.86. The molecule has 1 heterocycles. The Bertz CT molecular complexity index is 628. The minimum Gasteiger partial charge on any atom is -0.325 e. The summed E-state index contributed by atoms with van der Waals surface area (Å²) in [7, 11) is 0. The van der Waals surface area contributed by atoms with Crippen LogP contribution in [-0.4, -0.2) is 31.9 Å². The van der Waals surface area contributed by atoms with Crippen molar-refractivity contribution in [2.45, 2.75) is 24.0 Å². The Morgan fingerprint density at radius 1 is 1.50 bits per heavy atom. The van der Waals surface area contributed by atoms with Gasteiger partial charge in [0, 0.05) is 10.7 Å². The summed E-state index contributed by atoms with van der Waals surface area (Å²) in [5, 5.41) is 15.6. The summed E-state index contributed by atoms with van der Waals surface area (Å²) < 4.78 is 1.79. The average Bonchev–Trinajstić information content (AvgIpc) is 3.15. The highest BCUT2D eigenvalue weighted by atomic mass is 35.5. The SMILES string of the molecule is O=C(CSc1nnnn1C1CC1)Nc1cccc(Cl)c1. The average molecular weight is 310 g/mol. The topological polar surface area (TPSA) is 72.7 Å². The van der Waals surface area contributed by atoms with E-state index < -0.39 is 0 Å². The fraction of sp³-hybridized carbons (Fsp3) is 0.333. The second-order valence-electron chi connectivity index (χ2n) is 4.48. The number of anilines is 1. The van der Waals surface area contributed by atoms with Crippen LogP contribution in [-0.2, 0) is 4.79 Å². The van der Waals surface area contributed by atoms with Crippen LogP contribution < -0.4 is 5.32 Å². The quantitative estimate of drug-likeness (QED) is 0.859. The van der Waals surface area contributed by atoms with Gasteiger partial charge in [-0.25, -0.2) is 4.68 Å². The number of hydrogen-bond donors (Lipinski definition) is 1. The molecule has 1 fully saturated rings. The first-order valence-corrected chi connectivity index (χ1v) is 7.55. The summed E-state index contributed by atoms with van der Waals surface area (Å²) in [5.74, 6) is 0.155. The van der Waals surface area contributed by atoms with Gasteiger partial charge in [-0.05, 0) is 41.5 Å². The van der Waals surface area contributed by atoms with Crippen LogP contribution in [0.3, 0.4) is 0 Å². The molecule has 1 saturated carbocycles. The number of aromatic nitrogens is 4. The number of benzene rings is 1. The maximum Gasteiger partial charge on any atom is 0.234 e. The molecule has 1 aliphatic rings. The molecule has 0 radical (unpaired) electrons. The summed E-state index contributed by atoms with van der Waals surface area (Å²) in [5.41, 5.74) is 0.685. The number of nitrogens with zero attached hydrogens (tertiary/aromatic N) is 4. The van der Waals surface area contributed by atoms with E-state index in [0.29, 0.717) is 21.9 Å². The van der Waals surface area contributed by atoms with Crippen LogP contribution in [0.1, 0.15) is 18.9 Å². The van der Waals surface area contributed by atoms with Crippen LogP contribution in [0.4, 0.5) is 5.69 Å². The zero-order valence-corrected chi connectivity index (χ0v) is 12.1. The van der Waals surface area contributed by atoms with Crippen LogP contribution >= 0.6 is 23.4 Å². The maximum atomic E-state index is 11.9. The van der Waals surface area contributed by atoms with Crippen LogP contribution in [0.15, 0.2) is 29.4 Å². The Morgan fingerprint density at radius 3 is 3.10 bits per heavy atom. The van der Waals surface area contributed by atoms with Crippen molar-refractivity contribution < 1.29 is 4.79 Å². The lowest BCUT2D eigenvalue weighted by Gasteiger charge is -2.05. The zero-order valence-electron chi connectivity index (χ0n) is 10.5. The Morgan fingerprint density at radius 2 is 2.35 bits per heavy atom. The van der Waals surface area contributed by atoms with Crippen molar-refractivity contribution in [2.75, 3.05) is 11.1 Å². The van der Waals surface area contributed by atoms with Gasteiger partial charge in [0.2, 0.25) is 11.1 Å². The number of rotatable bonds is 5. The van der Waals surface area contributed by atoms with Crippen molar-refractivity contribution in [1.82, 2.24) is 20.2 Å². The predicted molar refractivity (Wildman–Crippen MR) is 76.9 cm³/mol. The number of hydrogen-bond acceptors (Lipinski definition) is 5. The highest BCUT2D eigenvalue weighted by Crippen LogP contribution is 2.36. The predicted octanol–water partition coefficient (Wildman–Crippen LogP) is 2.39. The van der Waals surface area contributed by atoms with Crippen LogP contribution in [0.2, 0.25) is 5.02 Å². The highest BCUT2D eigenvalue weighted by Gasteiger charge is 2.28. The number of tetrazole rings is 1. The van der Waals surface area contributed by atoms with E-state index >= 15 is 0 Å². The molecule has 0 bridgehead atoms. The second kappa shape index (κ2) is 5.80. The number of amides is 1. The van der Waals surface area contributed by atoms with E-state index in [1.54, 1.807) is 28.9 Å². The highest BCUT2D eigenvalue weighted by molar-refractivity contribution is 7.99. The van der Waals surface area contributed by atoms with Gasteiger partial charge in [0.05, 0.1) is 11.8 Å². The molecule has 0 spiro atoms. The van der Waals surface area contributed by atoms with Gasteiger partial charge in [0.25, 0.3) is 0 Å². The van der Waals surface area contributed by atoms with E-state index in [1.807, 2.05) is 0 Å². The third-order valence-electron chi connectivity index (χ3n) is 2.80. The molecule has 104 valence electrons. The van der Waals surface area contributed by atoms with Gasteiger partial charge in [-0.1, -0.05) is 29.4 Å². The lowest BCUT2D eigenvalue weighted by atomic mass is 10.3.